The van der Waals surface area contributed by atoms with Gasteiger partial charge in [0.15, 0.2) is 0 Å². The second-order valence-corrected chi connectivity index (χ2v) is 4.99. The number of rotatable bonds is 4. The number of β-amino-alcohol motifs (C(OH)–C–C–N with tert-alkyl or cyclic N) is 1. The van der Waals surface area contributed by atoms with Crippen LogP contribution in [-0.4, -0.2) is 47.4 Å². The Hall–Kier alpha value is -0.120. The van der Waals surface area contributed by atoms with E-state index in [1.54, 1.807) is 0 Å². The van der Waals surface area contributed by atoms with Gasteiger partial charge in [-0.3, -0.25) is 4.90 Å². The van der Waals surface area contributed by atoms with Crippen LogP contribution in [0.5, 0.6) is 0 Å². The first-order valence-electron chi connectivity index (χ1n) is 6.06. The van der Waals surface area contributed by atoms with Crippen LogP contribution in [0.25, 0.3) is 0 Å². The molecule has 3 heteroatoms. The first-order chi connectivity index (χ1) is 6.98. The van der Waals surface area contributed by atoms with Crippen molar-refractivity contribution in [2.24, 2.45) is 0 Å². The molecule has 1 aliphatic rings. The molecule has 3 nitrogen and oxygen atoms in total. The largest absolute Gasteiger partial charge is 0.389 e. The Morgan fingerprint density at radius 2 is 2.13 bits per heavy atom. The molecular formula is C12H25NO2. The molecule has 1 saturated heterocycles. The van der Waals surface area contributed by atoms with Crippen molar-refractivity contribution in [3.8, 4) is 0 Å². The van der Waals surface area contributed by atoms with E-state index in [9.17, 15) is 5.11 Å². The zero-order valence-electron chi connectivity index (χ0n) is 10.5. The van der Waals surface area contributed by atoms with Crippen LogP contribution in [0.15, 0.2) is 0 Å². The summed E-state index contributed by atoms with van der Waals surface area (Å²) >= 11 is 0. The summed E-state index contributed by atoms with van der Waals surface area (Å²) in [6.07, 6.45) is 2.18. The summed E-state index contributed by atoms with van der Waals surface area (Å²) in [5.74, 6) is 0. The van der Waals surface area contributed by atoms with Crippen molar-refractivity contribution >= 4 is 0 Å². The van der Waals surface area contributed by atoms with Gasteiger partial charge in [0.1, 0.15) is 0 Å². The van der Waals surface area contributed by atoms with Crippen LogP contribution in [0.1, 0.15) is 40.5 Å². The van der Waals surface area contributed by atoms with E-state index in [0.717, 1.165) is 32.5 Å². The Kier molecular flexibility index (Phi) is 4.56. The monoisotopic (exact) mass is 215 g/mol. The van der Waals surface area contributed by atoms with Gasteiger partial charge < -0.3 is 9.84 Å². The number of ether oxygens (including phenoxy) is 1. The minimum Gasteiger partial charge on any atom is -0.389 e. The molecule has 15 heavy (non-hydrogen) atoms. The van der Waals surface area contributed by atoms with E-state index in [0.29, 0.717) is 12.1 Å². The molecule has 0 aromatic rings. The molecule has 1 heterocycles. The molecule has 0 aromatic heterocycles. The highest BCUT2D eigenvalue weighted by atomic mass is 16.5. The Balaban J connectivity index is 2.55. The summed E-state index contributed by atoms with van der Waals surface area (Å²) in [7, 11) is 0. The molecule has 0 radical (unpaired) electrons. The maximum Gasteiger partial charge on any atom is 0.0743 e. The van der Waals surface area contributed by atoms with Crippen molar-refractivity contribution in [1.82, 2.24) is 4.90 Å². The Morgan fingerprint density at radius 3 is 2.67 bits per heavy atom. The van der Waals surface area contributed by atoms with Crippen LogP contribution in [0, 0.1) is 0 Å². The molecule has 0 aliphatic carbocycles. The molecule has 3 atom stereocenters. The fourth-order valence-electron chi connectivity index (χ4n) is 2.03. The summed E-state index contributed by atoms with van der Waals surface area (Å²) in [4.78, 5) is 2.37. The van der Waals surface area contributed by atoms with Crippen molar-refractivity contribution in [2.45, 2.75) is 58.3 Å². The fraction of sp³-hybridized carbons (Fsp3) is 1.00. The summed E-state index contributed by atoms with van der Waals surface area (Å²) in [6, 6.07) is 0.472. The van der Waals surface area contributed by atoms with Gasteiger partial charge >= 0.3 is 0 Å². The van der Waals surface area contributed by atoms with E-state index in [2.05, 4.69) is 18.7 Å². The Labute approximate surface area is 93.4 Å². The molecule has 0 saturated carbocycles. The standard InChI is InChI=1S/C12H25NO2/c1-5-11-8-15-10(3)7-13(11)9-12(4,14)6-2/h10-11,14H,5-9H2,1-4H3. The molecule has 0 aromatic carbocycles. The second kappa shape index (κ2) is 5.28. The molecule has 90 valence electrons. The second-order valence-electron chi connectivity index (χ2n) is 4.99. The van der Waals surface area contributed by atoms with Crippen molar-refractivity contribution in [2.75, 3.05) is 19.7 Å². The third-order valence-electron chi connectivity index (χ3n) is 3.36. The third-order valence-corrected chi connectivity index (χ3v) is 3.36. The lowest BCUT2D eigenvalue weighted by Crippen LogP contribution is -2.53. The summed E-state index contributed by atoms with van der Waals surface area (Å²) in [6.45, 7) is 10.7. The van der Waals surface area contributed by atoms with E-state index < -0.39 is 5.60 Å². The minimum atomic E-state index is -0.565. The predicted molar refractivity (Wildman–Crippen MR) is 62.0 cm³/mol. The average molecular weight is 215 g/mol. The van der Waals surface area contributed by atoms with Crippen LogP contribution >= 0.6 is 0 Å². The van der Waals surface area contributed by atoms with Gasteiger partial charge in [0, 0.05) is 19.1 Å². The van der Waals surface area contributed by atoms with Gasteiger partial charge in [0.2, 0.25) is 0 Å². The topological polar surface area (TPSA) is 32.7 Å². The van der Waals surface area contributed by atoms with Crippen LogP contribution in [0.3, 0.4) is 0 Å². The van der Waals surface area contributed by atoms with Crippen molar-refractivity contribution in [1.29, 1.82) is 0 Å². The lowest BCUT2D eigenvalue weighted by atomic mass is 10.0. The molecule has 1 rings (SSSR count). The predicted octanol–water partition coefficient (Wildman–Crippen LogP) is 1.65. The zero-order valence-corrected chi connectivity index (χ0v) is 10.5. The van der Waals surface area contributed by atoms with Gasteiger partial charge in [0.05, 0.1) is 18.3 Å². The lowest BCUT2D eigenvalue weighted by Gasteiger charge is -2.41. The van der Waals surface area contributed by atoms with Crippen molar-refractivity contribution < 1.29 is 9.84 Å². The van der Waals surface area contributed by atoms with Crippen molar-refractivity contribution in [3.63, 3.8) is 0 Å². The van der Waals surface area contributed by atoms with Gasteiger partial charge in [-0.05, 0) is 26.7 Å². The molecule has 1 aliphatic heterocycles. The zero-order chi connectivity index (χ0) is 11.5. The fourth-order valence-corrected chi connectivity index (χ4v) is 2.03. The third kappa shape index (κ3) is 3.74. The minimum absolute atomic E-state index is 0.292. The molecule has 3 unspecified atom stereocenters. The van der Waals surface area contributed by atoms with E-state index in [-0.39, 0.29) is 0 Å². The lowest BCUT2D eigenvalue weighted by molar-refractivity contribution is -0.0851. The Morgan fingerprint density at radius 1 is 1.47 bits per heavy atom. The number of nitrogens with zero attached hydrogens (tertiary/aromatic N) is 1. The van der Waals surface area contributed by atoms with Gasteiger partial charge in [-0.15, -0.1) is 0 Å². The van der Waals surface area contributed by atoms with Crippen LogP contribution in [0.4, 0.5) is 0 Å². The van der Waals surface area contributed by atoms with E-state index in [4.69, 9.17) is 4.74 Å². The summed E-state index contributed by atoms with van der Waals surface area (Å²) in [5, 5.41) is 10.1. The van der Waals surface area contributed by atoms with Gasteiger partial charge in [-0.2, -0.15) is 0 Å². The number of aliphatic hydroxyl groups is 1. The number of morpholine rings is 1. The molecule has 1 fully saturated rings. The van der Waals surface area contributed by atoms with Gasteiger partial charge in [-0.25, -0.2) is 0 Å². The number of hydrogen-bond acceptors (Lipinski definition) is 3. The quantitative estimate of drug-likeness (QED) is 0.774. The summed E-state index contributed by atoms with van der Waals surface area (Å²) < 4.78 is 5.64. The first kappa shape index (κ1) is 12.9. The average Bonchev–Trinajstić information content (AvgIpc) is 2.18. The van der Waals surface area contributed by atoms with E-state index in [1.165, 1.54) is 0 Å². The highest BCUT2D eigenvalue weighted by Gasteiger charge is 2.30. The van der Waals surface area contributed by atoms with Gasteiger partial charge in [-0.1, -0.05) is 13.8 Å². The molecule has 0 spiro atoms. The summed E-state index contributed by atoms with van der Waals surface area (Å²) in [5.41, 5.74) is -0.565. The molecule has 1 N–H and O–H groups in total. The number of hydrogen-bond donors (Lipinski definition) is 1. The van der Waals surface area contributed by atoms with E-state index in [1.807, 2.05) is 13.8 Å². The Bertz CT molecular complexity index is 194. The SMILES string of the molecule is CCC1COC(C)CN1CC(C)(O)CC. The highest BCUT2D eigenvalue weighted by molar-refractivity contribution is 4.84. The molecule has 0 amide bonds. The maximum atomic E-state index is 10.1. The first-order valence-corrected chi connectivity index (χ1v) is 6.06. The molecule has 0 bridgehead atoms. The molecular weight excluding hydrogens is 190 g/mol. The maximum absolute atomic E-state index is 10.1. The highest BCUT2D eigenvalue weighted by Crippen LogP contribution is 2.19. The smallest absolute Gasteiger partial charge is 0.0743 e. The van der Waals surface area contributed by atoms with E-state index >= 15 is 0 Å². The van der Waals surface area contributed by atoms with Crippen LogP contribution in [0.2, 0.25) is 0 Å². The van der Waals surface area contributed by atoms with Gasteiger partial charge in [0.25, 0.3) is 0 Å². The van der Waals surface area contributed by atoms with Crippen LogP contribution in [-0.2, 0) is 4.74 Å². The normalized spacial score (nSPS) is 32.6. The van der Waals surface area contributed by atoms with Crippen LogP contribution < -0.4 is 0 Å². The van der Waals surface area contributed by atoms with Crippen molar-refractivity contribution in [3.05, 3.63) is 0 Å².